The molecule has 0 spiro atoms. The molecule has 0 radical (unpaired) electrons. The molecule has 1 aliphatic carbocycles. The lowest BCUT2D eigenvalue weighted by Gasteiger charge is -2.22. The summed E-state index contributed by atoms with van der Waals surface area (Å²) in [5.41, 5.74) is 0.755. The molecule has 20 heavy (non-hydrogen) atoms. The van der Waals surface area contributed by atoms with E-state index < -0.39 is 9.84 Å². The van der Waals surface area contributed by atoms with Crippen molar-refractivity contribution in [3.8, 4) is 0 Å². The average molecular weight is 295 g/mol. The first kappa shape index (κ1) is 15.4. The second kappa shape index (κ2) is 7.11. The first-order chi connectivity index (χ1) is 9.63. The van der Waals surface area contributed by atoms with Crippen LogP contribution in [0.4, 0.5) is 5.69 Å². The van der Waals surface area contributed by atoms with Crippen molar-refractivity contribution in [1.29, 1.82) is 0 Å². The van der Waals surface area contributed by atoms with E-state index in [1.165, 1.54) is 32.1 Å². The van der Waals surface area contributed by atoms with Gasteiger partial charge in [0.05, 0.1) is 16.3 Å². The predicted octanol–water partition coefficient (Wildman–Crippen LogP) is 3.86. The predicted molar refractivity (Wildman–Crippen MR) is 83.9 cm³/mol. The maximum atomic E-state index is 12.0. The summed E-state index contributed by atoms with van der Waals surface area (Å²) >= 11 is 0. The third-order valence-corrected chi connectivity index (χ3v) is 5.98. The van der Waals surface area contributed by atoms with Crippen LogP contribution in [-0.4, -0.2) is 20.7 Å². The average Bonchev–Trinajstić information content (AvgIpc) is 2.49. The van der Waals surface area contributed by atoms with Crippen LogP contribution in [0.15, 0.2) is 29.2 Å². The summed E-state index contributed by atoms with van der Waals surface area (Å²) in [4.78, 5) is 0.436. The Morgan fingerprint density at radius 3 is 2.55 bits per heavy atom. The fourth-order valence-corrected chi connectivity index (χ4v) is 4.00. The highest BCUT2D eigenvalue weighted by Crippen LogP contribution is 2.27. The van der Waals surface area contributed by atoms with Gasteiger partial charge in [-0.3, -0.25) is 0 Å². The maximum Gasteiger partial charge on any atom is 0.180 e. The highest BCUT2D eigenvalue weighted by molar-refractivity contribution is 7.91. The molecule has 0 unspecified atom stereocenters. The van der Waals surface area contributed by atoms with Crippen LogP contribution in [0, 0.1) is 5.92 Å². The molecular formula is C16H25NO2S. The monoisotopic (exact) mass is 295 g/mol. The fraction of sp³-hybridized carbons (Fsp3) is 0.625. The van der Waals surface area contributed by atoms with Crippen LogP contribution in [0.3, 0.4) is 0 Å². The van der Waals surface area contributed by atoms with Gasteiger partial charge in [0, 0.05) is 6.54 Å². The van der Waals surface area contributed by atoms with E-state index in [2.05, 4.69) is 5.32 Å². The number of anilines is 1. The molecule has 1 aromatic carbocycles. The second-order valence-electron chi connectivity index (χ2n) is 5.62. The molecule has 1 aromatic rings. The van der Waals surface area contributed by atoms with Crippen LogP contribution in [0.1, 0.15) is 45.4 Å². The van der Waals surface area contributed by atoms with E-state index in [4.69, 9.17) is 0 Å². The molecule has 3 nitrogen and oxygen atoms in total. The standard InChI is InChI=1S/C16H25NO2S/c1-2-20(18,19)16-11-7-6-10-15(16)17-13-12-14-8-4-3-5-9-14/h6-7,10-11,14,17H,2-5,8-9,12-13H2,1H3. The Hall–Kier alpha value is -1.03. The Bertz CT molecular complexity index is 519. The molecule has 1 N–H and O–H groups in total. The molecule has 0 atom stereocenters. The summed E-state index contributed by atoms with van der Waals surface area (Å²) in [6, 6.07) is 7.23. The lowest BCUT2D eigenvalue weighted by Crippen LogP contribution is -2.14. The molecule has 1 aliphatic rings. The van der Waals surface area contributed by atoms with Gasteiger partial charge in [-0.25, -0.2) is 8.42 Å². The smallest absolute Gasteiger partial charge is 0.180 e. The van der Waals surface area contributed by atoms with Gasteiger partial charge in [-0.1, -0.05) is 51.2 Å². The number of hydrogen-bond acceptors (Lipinski definition) is 3. The molecule has 4 heteroatoms. The molecule has 0 aromatic heterocycles. The van der Waals surface area contributed by atoms with Crippen LogP contribution >= 0.6 is 0 Å². The van der Waals surface area contributed by atoms with Gasteiger partial charge in [0.2, 0.25) is 0 Å². The highest BCUT2D eigenvalue weighted by Gasteiger charge is 2.17. The maximum absolute atomic E-state index is 12.0. The molecular weight excluding hydrogens is 270 g/mol. The number of sulfone groups is 1. The van der Waals surface area contributed by atoms with Crippen molar-refractivity contribution in [3.63, 3.8) is 0 Å². The first-order valence-corrected chi connectivity index (χ1v) is 9.34. The first-order valence-electron chi connectivity index (χ1n) is 7.69. The Kier molecular flexibility index (Phi) is 5.46. The lowest BCUT2D eigenvalue weighted by atomic mass is 9.87. The van der Waals surface area contributed by atoms with Crippen molar-refractivity contribution in [2.75, 3.05) is 17.6 Å². The van der Waals surface area contributed by atoms with E-state index in [0.29, 0.717) is 4.90 Å². The number of para-hydroxylation sites is 1. The van der Waals surface area contributed by atoms with Crippen molar-refractivity contribution in [3.05, 3.63) is 24.3 Å². The van der Waals surface area contributed by atoms with Crippen LogP contribution in [0.2, 0.25) is 0 Å². The quantitative estimate of drug-likeness (QED) is 0.866. The Labute approximate surface area is 122 Å². The molecule has 0 bridgehead atoms. The van der Waals surface area contributed by atoms with Crippen LogP contribution in [0.25, 0.3) is 0 Å². The summed E-state index contributed by atoms with van der Waals surface area (Å²) in [5.74, 6) is 0.958. The number of rotatable bonds is 6. The molecule has 0 amide bonds. The highest BCUT2D eigenvalue weighted by atomic mass is 32.2. The van der Waals surface area contributed by atoms with Gasteiger partial charge in [0.15, 0.2) is 9.84 Å². The van der Waals surface area contributed by atoms with Crippen molar-refractivity contribution in [2.45, 2.75) is 50.3 Å². The lowest BCUT2D eigenvalue weighted by molar-refractivity contribution is 0.345. The van der Waals surface area contributed by atoms with Crippen molar-refractivity contribution in [1.82, 2.24) is 0 Å². The summed E-state index contributed by atoms with van der Waals surface area (Å²) < 4.78 is 24.1. The van der Waals surface area contributed by atoms with E-state index in [1.807, 2.05) is 12.1 Å². The van der Waals surface area contributed by atoms with E-state index >= 15 is 0 Å². The number of hydrogen-bond donors (Lipinski definition) is 1. The summed E-state index contributed by atoms with van der Waals surface area (Å²) in [5, 5.41) is 3.32. The minimum atomic E-state index is -3.15. The topological polar surface area (TPSA) is 46.2 Å². The van der Waals surface area contributed by atoms with Crippen LogP contribution in [0.5, 0.6) is 0 Å². The fourth-order valence-electron chi connectivity index (χ4n) is 2.93. The third kappa shape index (κ3) is 3.98. The zero-order valence-electron chi connectivity index (χ0n) is 12.3. The van der Waals surface area contributed by atoms with Crippen molar-refractivity contribution >= 4 is 15.5 Å². The zero-order valence-corrected chi connectivity index (χ0v) is 13.1. The van der Waals surface area contributed by atoms with Crippen molar-refractivity contribution < 1.29 is 8.42 Å². The Balaban J connectivity index is 1.95. The molecule has 1 saturated carbocycles. The van der Waals surface area contributed by atoms with E-state index in [-0.39, 0.29) is 5.75 Å². The number of benzene rings is 1. The Morgan fingerprint density at radius 1 is 1.15 bits per heavy atom. The van der Waals surface area contributed by atoms with Crippen LogP contribution in [-0.2, 0) is 9.84 Å². The number of nitrogens with one attached hydrogen (secondary N) is 1. The minimum absolute atomic E-state index is 0.147. The van der Waals surface area contributed by atoms with Crippen LogP contribution < -0.4 is 5.32 Å². The van der Waals surface area contributed by atoms with Gasteiger partial charge in [-0.15, -0.1) is 0 Å². The second-order valence-corrected chi connectivity index (χ2v) is 7.87. The van der Waals surface area contributed by atoms with E-state index in [0.717, 1.165) is 24.6 Å². The largest absolute Gasteiger partial charge is 0.384 e. The zero-order chi connectivity index (χ0) is 14.4. The van der Waals surface area contributed by atoms with Gasteiger partial charge in [0.1, 0.15) is 0 Å². The van der Waals surface area contributed by atoms with Crippen molar-refractivity contribution in [2.24, 2.45) is 5.92 Å². The normalized spacial score (nSPS) is 17.1. The molecule has 0 aliphatic heterocycles. The van der Waals surface area contributed by atoms with E-state index in [1.54, 1.807) is 19.1 Å². The van der Waals surface area contributed by atoms with Gasteiger partial charge in [0.25, 0.3) is 0 Å². The molecule has 112 valence electrons. The minimum Gasteiger partial charge on any atom is -0.384 e. The van der Waals surface area contributed by atoms with Gasteiger partial charge >= 0.3 is 0 Å². The third-order valence-electron chi connectivity index (χ3n) is 4.19. The Morgan fingerprint density at radius 2 is 1.85 bits per heavy atom. The van der Waals surface area contributed by atoms with Gasteiger partial charge in [-0.05, 0) is 24.5 Å². The summed E-state index contributed by atoms with van der Waals surface area (Å²) in [6.45, 7) is 2.55. The molecule has 2 rings (SSSR count). The molecule has 0 heterocycles. The van der Waals surface area contributed by atoms with Gasteiger partial charge in [-0.2, -0.15) is 0 Å². The summed E-state index contributed by atoms with van der Waals surface area (Å²) in [6.07, 6.45) is 7.88. The molecule has 1 fully saturated rings. The van der Waals surface area contributed by atoms with E-state index in [9.17, 15) is 8.42 Å². The molecule has 0 saturated heterocycles. The SMILES string of the molecule is CCS(=O)(=O)c1ccccc1NCCC1CCCCC1. The summed E-state index contributed by atoms with van der Waals surface area (Å²) in [7, 11) is -3.15. The van der Waals surface area contributed by atoms with Gasteiger partial charge < -0.3 is 5.32 Å².